The van der Waals surface area contributed by atoms with Gasteiger partial charge >= 0.3 is 0 Å². The molecule has 0 saturated heterocycles. The molecule has 0 heterocycles. The summed E-state index contributed by atoms with van der Waals surface area (Å²) in [6.45, 7) is 4.88. The lowest BCUT2D eigenvalue weighted by Gasteiger charge is -2.29. The van der Waals surface area contributed by atoms with E-state index in [0.717, 1.165) is 5.56 Å². The number of methoxy groups -OCH3 is 1. The van der Waals surface area contributed by atoms with Gasteiger partial charge in [0, 0.05) is 19.7 Å². The van der Waals surface area contributed by atoms with Crippen LogP contribution in [0.3, 0.4) is 0 Å². The molecule has 0 spiro atoms. The Balaban J connectivity index is 2.79. The van der Waals surface area contributed by atoms with Gasteiger partial charge in [0.2, 0.25) is 0 Å². The molecule has 1 aromatic carbocycles. The lowest BCUT2D eigenvalue weighted by atomic mass is 9.94. The minimum Gasteiger partial charge on any atom is -0.381 e. The molecule has 1 aromatic rings. The maximum Gasteiger partial charge on any atom is 0.125 e. The Hall–Kier alpha value is -0.900. The van der Waals surface area contributed by atoms with E-state index in [2.05, 4.69) is 19.2 Å². The average Bonchev–Trinajstić information content (AvgIpc) is 2.28. The van der Waals surface area contributed by atoms with E-state index in [1.54, 1.807) is 7.11 Å². The summed E-state index contributed by atoms with van der Waals surface area (Å²) in [5.41, 5.74) is -0.0784. The van der Waals surface area contributed by atoms with Gasteiger partial charge in [-0.1, -0.05) is 44.2 Å². The molecular weight excluding hydrogens is 202 g/mol. The summed E-state index contributed by atoms with van der Waals surface area (Å²) in [5.74, 6) is 0. The molecule has 0 aromatic heterocycles. The highest BCUT2D eigenvalue weighted by Gasteiger charge is 2.28. The van der Waals surface area contributed by atoms with Gasteiger partial charge in [-0.25, -0.2) is 0 Å². The molecule has 0 radical (unpaired) electrons. The Bertz CT molecular complexity index is 300. The number of hydrogen-bond acceptors (Lipinski definition) is 3. The molecule has 0 aliphatic heterocycles. The lowest BCUT2D eigenvalue weighted by Crippen LogP contribution is -2.44. The van der Waals surface area contributed by atoms with Gasteiger partial charge in [-0.05, 0) is 5.56 Å². The van der Waals surface area contributed by atoms with Crippen LogP contribution in [-0.4, -0.2) is 31.4 Å². The third-order valence-corrected chi connectivity index (χ3v) is 2.50. The Morgan fingerprint density at radius 2 is 1.94 bits per heavy atom. The molecule has 0 aliphatic carbocycles. The summed E-state index contributed by atoms with van der Waals surface area (Å²) in [4.78, 5) is 0. The number of aliphatic hydroxyl groups is 1. The predicted octanol–water partition coefficient (Wildman–Crippen LogP) is 1.52. The van der Waals surface area contributed by atoms with E-state index in [1.165, 1.54) is 0 Å². The highest BCUT2D eigenvalue weighted by Crippen LogP contribution is 2.20. The Morgan fingerprint density at radius 1 is 1.31 bits per heavy atom. The van der Waals surface area contributed by atoms with Crippen molar-refractivity contribution < 1.29 is 9.84 Å². The normalized spacial score (nSPS) is 15.1. The molecular formula is C13H21NO2. The van der Waals surface area contributed by atoms with Crippen molar-refractivity contribution in [1.29, 1.82) is 0 Å². The van der Waals surface area contributed by atoms with Crippen molar-refractivity contribution in [2.75, 3.05) is 20.3 Å². The molecule has 1 atom stereocenters. The zero-order chi connectivity index (χ0) is 12.0. The second kappa shape index (κ2) is 5.99. The van der Waals surface area contributed by atoms with Crippen molar-refractivity contribution in [2.45, 2.75) is 25.5 Å². The van der Waals surface area contributed by atoms with Crippen molar-refractivity contribution in [3.63, 3.8) is 0 Å². The molecule has 2 N–H and O–H groups in total. The molecule has 0 bridgehead atoms. The number of nitrogens with one attached hydrogen (secondary N) is 1. The molecule has 3 nitrogen and oxygen atoms in total. The van der Waals surface area contributed by atoms with Crippen LogP contribution in [0.25, 0.3) is 0 Å². The molecule has 0 amide bonds. The van der Waals surface area contributed by atoms with E-state index < -0.39 is 5.60 Å². The maximum absolute atomic E-state index is 10.5. The second-order valence-corrected chi connectivity index (χ2v) is 4.37. The Morgan fingerprint density at radius 3 is 2.44 bits per heavy atom. The lowest BCUT2D eigenvalue weighted by molar-refractivity contribution is -0.0356. The van der Waals surface area contributed by atoms with Crippen molar-refractivity contribution in [1.82, 2.24) is 5.32 Å². The summed E-state index contributed by atoms with van der Waals surface area (Å²) in [6.07, 6.45) is 0. The first-order chi connectivity index (χ1) is 7.58. The van der Waals surface area contributed by atoms with E-state index >= 15 is 0 Å². The predicted molar refractivity (Wildman–Crippen MR) is 65.4 cm³/mol. The average molecular weight is 223 g/mol. The summed E-state index contributed by atoms with van der Waals surface area (Å²) in [5, 5.41) is 13.8. The van der Waals surface area contributed by atoms with Gasteiger partial charge in [0.15, 0.2) is 0 Å². The number of rotatable bonds is 6. The van der Waals surface area contributed by atoms with Gasteiger partial charge < -0.3 is 15.2 Å². The zero-order valence-electron chi connectivity index (χ0n) is 10.2. The van der Waals surface area contributed by atoms with Crippen LogP contribution in [0, 0.1) is 0 Å². The fourth-order valence-corrected chi connectivity index (χ4v) is 1.60. The van der Waals surface area contributed by atoms with Crippen molar-refractivity contribution in [3.05, 3.63) is 35.9 Å². The van der Waals surface area contributed by atoms with E-state index in [0.29, 0.717) is 12.6 Å². The first kappa shape index (κ1) is 13.2. The van der Waals surface area contributed by atoms with Crippen molar-refractivity contribution in [2.24, 2.45) is 0 Å². The van der Waals surface area contributed by atoms with E-state index in [9.17, 15) is 5.11 Å². The summed E-state index contributed by atoms with van der Waals surface area (Å²) in [7, 11) is 1.60. The van der Waals surface area contributed by atoms with E-state index in [1.807, 2.05) is 30.3 Å². The molecule has 1 unspecified atom stereocenters. The number of ether oxygens (including phenoxy) is 1. The summed E-state index contributed by atoms with van der Waals surface area (Å²) < 4.78 is 5.10. The first-order valence-corrected chi connectivity index (χ1v) is 5.59. The molecule has 0 aliphatic rings. The van der Waals surface area contributed by atoms with Crippen LogP contribution in [0.15, 0.2) is 30.3 Å². The van der Waals surface area contributed by atoms with E-state index in [-0.39, 0.29) is 6.61 Å². The summed E-state index contributed by atoms with van der Waals surface area (Å²) in [6, 6.07) is 9.96. The molecule has 90 valence electrons. The monoisotopic (exact) mass is 223 g/mol. The van der Waals surface area contributed by atoms with Gasteiger partial charge in [-0.3, -0.25) is 0 Å². The zero-order valence-corrected chi connectivity index (χ0v) is 10.2. The number of benzene rings is 1. The largest absolute Gasteiger partial charge is 0.381 e. The van der Waals surface area contributed by atoms with Gasteiger partial charge in [0.05, 0.1) is 6.61 Å². The van der Waals surface area contributed by atoms with Crippen LogP contribution < -0.4 is 5.32 Å². The molecule has 0 fully saturated rings. The SMILES string of the molecule is COCC(O)(CNC(C)C)c1ccccc1. The van der Waals surface area contributed by atoms with Crippen LogP contribution in [0.1, 0.15) is 19.4 Å². The Labute approximate surface area is 97.4 Å². The van der Waals surface area contributed by atoms with Crippen LogP contribution in [0.2, 0.25) is 0 Å². The minimum atomic E-state index is -0.958. The number of hydrogen-bond donors (Lipinski definition) is 2. The van der Waals surface area contributed by atoms with Gasteiger partial charge in [0.25, 0.3) is 0 Å². The maximum atomic E-state index is 10.5. The summed E-state index contributed by atoms with van der Waals surface area (Å²) >= 11 is 0. The quantitative estimate of drug-likeness (QED) is 0.768. The topological polar surface area (TPSA) is 41.5 Å². The highest BCUT2D eigenvalue weighted by molar-refractivity contribution is 5.23. The first-order valence-electron chi connectivity index (χ1n) is 5.59. The Kier molecular flexibility index (Phi) is 4.93. The fourth-order valence-electron chi connectivity index (χ4n) is 1.60. The van der Waals surface area contributed by atoms with Gasteiger partial charge in [0.1, 0.15) is 5.60 Å². The molecule has 3 heteroatoms. The molecule has 1 rings (SSSR count). The van der Waals surface area contributed by atoms with Crippen LogP contribution in [0.5, 0.6) is 0 Å². The second-order valence-electron chi connectivity index (χ2n) is 4.37. The van der Waals surface area contributed by atoms with E-state index in [4.69, 9.17) is 4.74 Å². The van der Waals surface area contributed by atoms with Crippen LogP contribution in [0.4, 0.5) is 0 Å². The minimum absolute atomic E-state index is 0.288. The standard InChI is InChI=1S/C13H21NO2/c1-11(2)14-9-13(15,10-16-3)12-7-5-4-6-8-12/h4-8,11,14-15H,9-10H2,1-3H3. The third-order valence-electron chi connectivity index (χ3n) is 2.50. The van der Waals surface area contributed by atoms with Crippen molar-refractivity contribution in [3.8, 4) is 0 Å². The van der Waals surface area contributed by atoms with Gasteiger partial charge in [-0.2, -0.15) is 0 Å². The molecule has 0 saturated carbocycles. The smallest absolute Gasteiger partial charge is 0.125 e. The van der Waals surface area contributed by atoms with Crippen LogP contribution >= 0.6 is 0 Å². The molecule has 16 heavy (non-hydrogen) atoms. The van der Waals surface area contributed by atoms with Crippen LogP contribution in [-0.2, 0) is 10.3 Å². The highest BCUT2D eigenvalue weighted by atomic mass is 16.5. The third kappa shape index (κ3) is 3.59. The van der Waals surface area contributed by atoms with Gasteiger partial charge in [-0.15, -0.1) is 0 Å². The fraction of sp³-hybridized carbons (Fsp3) is 0.538. The van der Waals surface area contributed by atoms with Crippen molar-refractivity contribution >= 4 is 0 Å².